The van der Waals surface area contributed by atoms with Crippen molar-refractivity contribution in [2.45, 2.75) is 56.7 Å². The number of amides is 4. The standard InChI is InChI=1S/C48H50ClN5O7/c49-20-17-40(31-1-8-37(55)9-2-31)45(32-3-10-38(56)11-4-32)33-5-12-39(13-6-33)61-24-23-51-21-18-30(19-22-51)27-52-28-36-25-35(52)29-53(36)34-7-14-41-42(26-34)48(60)54(47(41)59)43-15-16-44(57)50-46(43)58/h1-14,26,30,35-36,43,55-56H,15-25,27-29H2,(H,50,57,58). The summed E-state index contributed by atoms with van der Waals surface area (Å²) in [6, 6.07) is 27.8. The fraction of sp³-hybridized carbons (Fsp3) is 0.375. The fourth-order valence-corrected chi connectivity index (χ4v) is 10.2. The number of nitrogens with zero attached hydrogens (tertiary/aromatic N) is 4. The summed E-state index contributed by atoms with van der Waals surface area (Å²) in [6.45, 7) is 6.47. The van der Waals surface area contributed by atoms with Crippen molar-refractivity contribution in [3.8, 4) is 17.2 Å². The van der Waals surface area contributed by atoms with Gasteiger partial charge in [-0.25, -0.2) is 0 Å². The number of nitrogens with one attached hydrogen (secondary N) is 1. The van der Waals surface area contributed by atoms with Crippen LogP contribution in [0.5, 0.6) is 17.2 Å². The fourth-order valence-electron chi connectivity index (χ4n) is 9.98. The van der Waals surface area contributed by atoms with Crippen LogP contribution in [0.15, 0.2) is 91.0 Å². The van der Waals surface area contributed by atoms with Crippen molar-refractivity contribution in [2.75, 3.05) is 56.7 Å². The lowest BCUT2D eigenvalue weighted by Gasteiger charge is -2.39. The molecule has 0 saturated carbocycles. The summed E-state index contributed by atoms with van der Waals surface area (Å²) in [7, 11) is 0. The van der Waals surface area contributed by atoms with E-state index in [0.717, 1.165) is 103 Å². The Balaban J connectivity index is 0.752. The Bertz CT molecular complexity index is 2340. The number of imide groups is 2. The third kappa shape index (κ3) is 8.36. The lowest BCUT2D eigenvalue weighted by atomic mass is 9.88. The zero-order valence-corrected chi connectivity index (χ0v) is 34.7. The molecule has 4 fully saturated rings. The number of rotatable bonds is 13. The summed E-state index contributed by atoms with van der Waals surface area (Å²) in [5.74, 6) is 0.347. The number of hydrogen-bond donors (Lipinski definition) is 3. The molecule has 0 spiro atoms. The minimum atomic E-state index is -0.967. The van der Waals surface area contributed by atoms with E-state index in [9.17, 15) is 29.4 Å². The number of piperazine rings is 1. The van der Waals surface area contributed by atoms with E-state index in [2.05, 4.69) is 32.1 Å². The molecule has 316 valence electrons. The number of piperidine rings is 2. The number of halogens is 1. The van der Waals surface area contributed by atoms with Gasteiger partial charge in [0, 0.05) is 56.3 Å². The maximum atomic E-state index is 13.4. The van der Waals surface area contributed by atoms with Crippen LogP contribution in [-0.4, -0.2) is 118 Å². The number of phenolic OH excluding ortho intramolecular Hbond substituents is 2. The van der Waals surface area contributed by atoms with Gasteiger partial charge in [-0.05, 0) is 134 Å². The predicted octanol–water partition coefficient (Wildman–Crippen LogP) is 6.14. The van der Waals surface area contributed by atoms with Crippen LogP contribution in [0.3, 0.4) is 0 Å². The van der Waals surface area contributed by atoms with Crippen LogP contribution >= 0.6 is 11.6 Å². The second-order valence-electron chi connectivity index (χ2n) is 16.9. The van der Waals surface area contributed by atoms with Crippen molar-refractivity contribution in [1.82, 2.24) is 20.0 Å². The first-order chi connectivity index (χ1) is 29.6. The molecular weight excluding hydrogens is 794 g/mol. The normalized spacial score (nSPS) is 22.5. The van der Waals surface area contributed by atoms with Gasteiger partial charge in [0.1, 0.15) is 29.9 Å². The van der Waals surface area contributed by atoms with Crippen molar-refractivity contribution in [2.24, 2.45) is 5.92 Å². The third-order valence-corrected chi connectivity index (χ3v) is 13.3. The maximum Gasteiger partial charge on any atom is 0.262 e. The summed E-state index contributed by atoms with van der Waals surface area (Å²) in [4.78, 5) is 59.3. The quantitative estimate of drug-likeness (QED) is 0.0817. The highest BCUT2D eigenvalue weighted by Gasteiger charge is 2.47. The van der Waals surface area contributed by atoms with Gasteiger partial charge in [0.25, 0.3) is 11.8 Å². The minimum absolute atomic E-state index is 0.0976. The van der Waals surface area contributed by atoms with Gasteiger partial charge < -0.3 is 19.8 Å². The van der Waals surface area contributed by atoms with Gasteiger partial charge >= 0.3 is 0 Å². The van der Waals surface area contributed by atoms with Crippen LogP contribution < -0.4 is 15.0 Å². The van der Waals surface area contributed by atoms with E-state index in [4.69, 9.17) is 16.3 Å². The molecule has 61 heavy (non-hydrogen) atoms. The SMILES string of the molecule is O=C1CCC(N2C(=O)c3ccc(N4CC5CC4CN5CC4CCN(CCOc5ccc(C(=C(CCCl)c6ccc(O)cc6)c6ccc(O)cc6)cc5)CC4)cc3C2=O)C(=O)N1. The van der Waals surface area contributed by atoms with E-state index >= 15 is 0 Å². The van der Waals surface area contributed by atoms with Crippen molar-refractivity contribution < 1.29 is 34.1 Å². The Morgan fingerprint density at radius 2 is 1.41 bits per heavy atom. The largest absolute Gasteiger partial charge is 0.508 e. The van der Waals surface area contributed by atoms with Gasteiger partial charge in [-0.1, -0.05) is 36.4 Å². The minimum Gasteiger partial charge on any atom is -0.508 e. The number of benzene rings is 4. The Kier molecular flexibility index (Phi) is 11.6. The number of alkyl halides is 1. The molecule has 12 nitrogen and oxygen atoms in total. The highest BCUT2D eigenvalue weighted by Crippen LogP contribution is 2.39. The number of likely N-dealkylation sites (tertiary alicyclic amines) is 2. The number of aromatic hydroxyl groups is 2. The maximum absolute atomic E-state index is 13.4. The third-order valence-electron chi connectivity index (χ3n) is 13.1. The molecule has 5 aliphatic heterocycles. The molecule has 3 N–H and O–H groups in total. The molecular formula is C48H50ClN5O7. The molecule has 0 aliphatic carbocycles. The first-order valence-corrected chi connectivity index (χ1v) is 21.9. The second-order valence-corrected chi connectivity index (χ2v) is 17.2. The topological polar surface area (TPSA) is 143 Å². The van der Waals surface area contributed by atoms with Crippen molar-refractivity contribution in [3.05, 3.63) is 119 Å². The zero-order valence-electron chi connectivity index (χ0n) is 34.0. The van der Waals surface area contributed by atoms with Gasteiger partial charge in [0.15, 0.2) is 0 Å². The highest BCUT2D eigenvalue weighted by molar-refractivity contribution is 6.23. The van der Waals surface area contributed by atoms with Crippen molar-refractivity contribution in [3.63, 3.8) is 0 Å². The zero-order chi connectivity index (χ0) is 42.2. The first-order valence-electron chi connectivity index (χ1n) is 21.3. The van der Waals surface area contributed by atoms with Crippen LogP contribution in [0.2, 0.25) is 0 Å². The molecule has 5 aliphatic rings. The van der Waals surface area contributed by atoms with Crippen LogP contribution in [0.1, 0.15) is 75.9 Å². The lowest BCUT2D eigenvalue weighted by Crippen LogP contribution is -2.54. The van der Waals surface area contributed by atoms with E-state index in [-0.39, 0.29) is 30.2 Å². The molecule has 2 bridgehead atoms. The van der Waals surface area contributed by atoms with E-state index in [1.165, 1.54) is 0 Å². The first kappa shape index (κ1) is 40.7. The number of ether oxygens (including phenoxy) is 1. The van der Waals surface area contributed by atoms with Crippen LogP contribution in [-0.2, 0) is 9.59 Å². The molecule has 3 atom stereocenters. The number of phenols is 2. The number of hydrogen-bond acceptors (Lipinski definition) is 10. The monoisotopic (exact) mass is 843 g/mol. The molecule has 0 aromatic heterocycles. The second kappa shape index (κ2) is 17.4. The molecule has 13 heteroatoms. The number of allylic oxidation sites excluding steroid dienone is 1. The predicted molar refractivity (Wildman–Crippen MR) is 233 cm³/mol. The summed E-state index contributed by atoms with van der Waals surface area (Å²) in [6.07, 6.45) is 4.23. The van der Waals surface area contributed by atoms with Crippen LogP contribution in [0.25, 0.3) is 11.1 Å². The van der Waals surface area contributed by atoms with Crippen LogP contribution in [0.4, 0.5) is 5.69 Å². The van der Waals surface area contributed by atoms with E-state index < -0.39 is 23.8 Å². The van der Waals surface area contributed by atoms with Gasteiger partial charge in [-0.15, -0.1) is 11.6 Å². The number of fused-ring (bicyclic) bond motifs is 3. The molecule has 0 radical (unpaired) electrons. The Morgan fingerprint density at radius 1 is 0.754 bits per heavy atom. The summed E-state index contributed by atoms with van der Waals surface area (Å²) >= 11 is 6.32. The molecule has 4 aromatic rings. The van der Waals surface area contributed by atoms with Gasteiger partial charge in [0.2, 0.25) is 11.8 Å². The van der Waals surface area contributed by atoms with Gasteiger partial charge in [-0.3, -0.25) is 39.2 Å². The number of carbonyl (C=O) groups is 4. The van der Waals surface area contributed by atoms with Crippen LogP contribution in [0, 0.1) is 5.92 Å². The van der Waals surface area contributed by atoms with E-state index in [0.29, 0.717) is 48.0 Å². The summed E-state index contributed by atoms with van der Waals surface area (Å²) in [5.41, 5.74) is 6.57. The summed E-state index contributed by atoms with van der Waals surface area (Å²) < 4.78 is 6.24. The Morgan fingerprint density at radius 3 is 2.05 bits per heavy atom. The molecule has 5 heterocycles. The lowest BCUT2D eigenvalue weighted by molar-refractivity contribution is -0.136. The number of anilines is 1. The Hall–Kier alpha value is -5.69. The van der Waals surface area contributed by atoms with Crippen molar-refractivity contribution >= 4 is 52.1 Å². The van der Waals surface area contributed by atoms with E-state index in [1.807, 2.05) is 48.5 Å². The van der Waals surface area contributed by atoms with Gasteiger partial charge in [-0.2, -0.15) is 0 Å². The molecule has 4 aromatic carbocycles. The Labute approximate surface area is 360 Å². The molecule has 4 amide bonds. The van der Waals surface area contributed by atoms with E-state index in [1.54, 1.807) is 30.3 Å². The molecule has 4 saturated heterocycles. The summed E-state index contributed by atoms with van der Waals surface area (Å²) in [5, 5.41) is 22.2. The average molecular weight is 844 g/mol. The smallest absolute Gasteiger partial charge is 0.262 e. The number of carbonyl (C=O) groups excluding carboxylic acids is 4. The average Bonchev–Trinajstić information content (AvgIpc) is 3.94. The van der Waals surface area contributed by atoms with Crippen molar-refractivity contribution in [1.29, 1.82) is 0 Å². The highest BCUT2D eigenvalue weighted by atomic mass is 35.5. The molecule has 3 unspecified atom stereocenters. The molecule has 9 rings (SSSR count). The van der Waals surface area contributed by atoms with Gasteiger partial charge in [0.05, 0.1) is 11.1 Å².